The van der Waals surface area contributed by atoms with Crippen molar-refractivity contribution in [3.8, 4) is 5.75 Å². The lowest BCUT2D eigenvalue weighted by Crippen LogP contribution is -2.18. The number of carbonyl (C=O) groups excluding carboxylic acids is 1. The number of sulfone groups is 1. The van der Waals surface area contributed by atoms with E-state index in [9.17, 15) is 13.2 Å². The number of carbonyl (C=O) groups is 1. The second kappa shape index (κ2) is 11.0. The van der Waals surface area contributed by atoms with Crippen molar-refractivity contribution in [1.29, 1.82) is 0 Å². The van der Waals surface area contributed by atoms with Crippen LogP contribution in [-0.2, 0) is 26.9 Å². The summed E-state index contributed by atoms with van der Waals surface area (Å²) in [4.78, 5) is 17.4. The number of amides is 1. The van der Waals surface area contributed by atoms with Gasteiger partial charge in [0.25, 0.3) is 0 Å². The molecule has 0 unspecified atom stereocenters. The quantitative estimate of drug-likeness (QED) is 0.442. The normalized spacial score (nSPS) is 12.4. The monoisotopic (exact) mass is 478 g/mol. The average molecular weight is 479 g/mol. The van der Waals surface area contributed by atoms with Crippen LogP contribution in [0.5, 0.6) is 5.75 Å². The lowest BCUT2D eigenvalue weighted by atomic mass is 10.2. The van der Waals surface area contributed by atoms with Gasteiger partial charge in [-0.05, 0) is 36.4 Å². The standard InChI is InChI=1S/C22H26N2O4S3/c1-28-18-10-11-19-20(15-18)30-22(24(19)12-13-29-2)23-21(25)9-6-14-31(26,27)16-17-7-4-3-5-8-17/h3-5,7-8,10-11,15H,6,9,12-14,16H2,1-2H3. The zero-order chi connectivity index (χ0) is 22.3. The van der Waals surface area contributed by atoms with Crippen LogP contribution in [0.25, 0.3) is 10.2 Å². The van der Waals surface area contributed by atoms with Crippen molar-refractivity contribution < 1.29 is 17.9 Å². The number of aromatic nitrogens is 1. The molecule has 1 heterocycles. The van der Waals surface area contributed by atoms with E-state index in [2.05, 4.69) is 4.99 Å². The first-order valence-corrected chi connectivity index (χ1v) is 13.9. The number of rotatable bonds is 10. The minimum Gasteiger partial charge on any atom is -0.497 e. The topological polar surface area (TPSA) is 77.7 Å². The summed E-state index contributed by atoms with van der Waals surface area (Å²) in [7, 11) is -1.64. The Morgan fingerprint density at radius 1 is 1.19 bits per heavy atom. The third kappa shape index (κ3) is 6.69. The first-order chi connectivity index (χ1) is 14.9. The van der Waals surface area contributed by atoms with Gasteiger partial charge in [0.2, 0.25) is 5.91 Å². The van der Waals surface area contributed by atoms with Crippen LogP contribution < -0.4 is 9.54 Å². The molecule has 1 amide bonds. The summed E-state index contributed by atoms with van der Waals surface area (Å²) in [5, 5.41) is 0. The van der Waals surface area contributed by atoms with Gasteiger partial charge in [0, 0.05) is 18.7 Å². The number of fused-ring (bicyclic) bond motifs is 1. The maximum atomic E-state index is 12.5. The molecule has 0 atom stereocenters. The van der Waals surface area contributed by atoms with Crippen molar-refractivity contribution >= 4 is 49.1 Å². The fraction of sp³-hybridized carbons (Fsp3) is 0.364. The number of benzene rings is 2. The molecule has 31 heavy (non-hydrogen) atoms. The summed E-state index contributed by atoms with van der Waals surface area (Å²) < 4.78 is 33.0. The van der Waals surface area contributed by atoms with Crippen molar-refractivity contribution in [1.82, 2.24) is 4.57 Å². The molecule has 0 bridgehead atoms. The predicted octanol–water partition coefficient (Wildman–Crippen LogP) is 3.90. The highest BCUT2D eigenvalue weighted by atomic mass is 32.2. The number of thioether (sulfide) groups is 1. The lowest BCUT2D eigenvalue weighted by molar-refractivity contribution is -0.118. The lowest BCUT2D eigenvalue weighted by Gasteiger charge is -2.05. The van der Waals surface area contributed by atoms with Gasteiger partial charge in [-0.1, -0.05) is 41.7 Å². The van der Waals surface area contributed by atoms with Gasteiger partial charge in [-0.15, -0.1) is 0 Å². The van der Waals surface area contributed by atoms with E-state index in [-0.39, 0.29) is 30.3 Å². The molecule has 166 valence electrons. The van der Waals surface area contributed by atoms with Crippen LogP contribution >= 0.6 is 23.1 Å². The molecule has 2 aromatic carbocycles. The Balaban J connectivity index is 1.71. The minimum atomic E-state index is -3.26. The molecule has 0 saturated heterocycles. The number of ether oxygens (including phenoxy) is 1. The predicted molar refractivity (Wildman–Crippen MR) is 128 cm³/mol. The van der Waals surface area contributed by atoms with E-state index in [0.29, 0.717) is 4.80 Å². The van der Waals surface area contributed by atoms with E-state index in [0.717, 1.165) is 33.8 Å². The number of nitrogens with zero attached hydrogens (tertiary/aromatic N) is 2. The third-order valence-corrected chi connectivity index (χ3v) is 8.02. The maximum absolute atomic E-state index is 12.5. The fourth-order valence-corrected chi connectivity index (χ4v) is 6.07. The molecular formula is C22H26N2O4S3. The molecule has 0 spiro atoms. The molecule has 3 rings (SSSR count). The number of hydrogen-bond acceptors (Lipinski definition) is 6. The Hall–Kier alpha value is -2.10. The Bertz CT molecular complexity index is 1200. The zero-order valence-corrected chi connectivity index (χ0v) is 20.1. The maximum Gasteiger partial charge on any atom is 0.248 e. The summed E-state index contributed by atoms with van der Waals surface area (Å²) in [5.74, 6) is 1.32. The van der Waals surface area contributed by atoms with Crippen LogP contribution in [0.1, 0.15) is 18.4 Å². The van der Waals surface area contributed by atoms with Gasteiger partial charge in [-0.2, -0.15) is 16.8 Å². The van der Waals surface area contributed by atoms with E-state index < -0.39 is 9.84 Å². The van der Waals surface area contributed by atoms with Gasteiger partial charge in [-0.25, -0.2) is 8.42 Å². The van der Waals surface area contributed by atoms with Crippen LogP contribution in [0.3, 0.4) is 0 Å². The van der Waals surface area contributed by atoms with Gasteiger partial charge < -0.3 is 9.30 Å². The molecule has 0 aliphatic rings. The van der Waals surface area contributed by atoms with Crippen LogP contribution in [0.4, 0.5) is 0 Å². The summed E-state index contributed by atoms with van der Waals surface area (Å²) in [5.41, 5.74) is 1.77. The van der Waals surface area contributed by atoms with Crippen molar-refractivity contribution in [2.24, 2.45) is 4.99 Å². The summed E-state index contributed by atoms with van der Waals surface area (Å²) >= 11 is 3.17. The molecule has 0 fully saturated rings. The average Bonchev–Trinajstić information content (AvgIpc) is 3.08. The van der Waals surface area contributed by atoms with E-state index in [4.69, 9.17) is 4.74 Å². The van der Waals surface area contributed by atoms with E-state index in [1.54, 1.807) is 31.0 Å². The molecule has 0 saturated carbocycles. The van der Waals surface area contributed by atoms with E-state index >= 15 is 0 Å². The van der Waals surface area contributed by atoms with Gasteiger partial charge in [0.1, 0.15) is 5.75 Å². The molecule has 0 aliphatic carbocycles. The van der Waals surface area contributed by atoms with Crippen LogP contribution in [-0.4, -0.2) is 43.8 Å². The SMILES string of the molecule is COc1ccc2c(c1)sc(=NC(=O)CCCS(=O)(=O)Cc1ccccc1)n2CCSC. The second-order valence-corrected chi connectivity index (χ2v) is 11.2. The number of aryl methyl sites for hydroxylation is 1. The van der Waals surface area contributed by atoms with Crippen LogP contribution in [0.2, 0.25) is 0 Å². The number of methoxy groups -OCH3 is 1. The van der Waals surface area contributed by atoms with E-state index in [1.165, 1.54) is 11.3 Å². The molecule has 9 heteroatoms. The van der Waals surface area contributed by atoms with Crippen LogP contribution in [0.15, 0.2) is 53.5 Å². The summed E-state index contributed by atoms with van der Waals surface area (Å²) in [6.45, 7) is 0.741. The Labute approximate surface area is 190 Å². The molecule has 3 aromatic rings. The van der Waals surface area contributed by atoms with Crippen molar-refractivity contribution in [3.63, 3.8) is 0 Å². The number of thiazole rings is 1. The molecule has 0 radical (unpaired) electrons. The minimum absolute atomic E-state index is 0.00793. The zero-order valence-electron chi connectivity index (χ0n) is 17.6. The first-order valence-electron chi connectivity index (χ1n) is 9.90. The Morgan fingerprint density at radius 3 is 2.68 bits per heavy atom. The molecule has 1 aromatic heterocycles. The fourth-order valence-electron chi connectivity index (χ4n) is 3.17. The van der Waals surface area contributed by atoms with E-state index in [1.807, 2.05) is 47.2 Å². The van der Waals surface area contributed by atoms with Gasteiger partial charge in [-0.3, -0.25) is 4.79 Å². The molecule has 0 aliphatic heterocycles. The molecule has 6 nitrogen and oxygen atoms in total. The summed E-state index contributed by atoms with van der Waals surface area (Å²) in [6, 6.07) is 14.9. The Kier molecular flexibility index (Phi) is 8.34. The highest BCUT2D eigenvalue weighted by Gasteiger charge is 2.14. The molecule has 0 N–H and O–H groups in total. The molecular weight excluding hydrogens is 452 g/mol. The highest BCUT2D eigenvalue weighted by Crippen LogP contribution is 2.23. The van der Waals surface area contributed by atoms with Gasteiger partial charge in [0.05, 0.1) is 28.8 Å². The summed E-state index contributed by atoms with van der Waals surface area (Å²) in [6.07, 6.45) is 2.41. The van der Waals surface area contributed by atoms with Crippen LogP contribution in [0, 0.1) is 0 Å². The third-order valence-electron chi connectivity index (χ3n) is 4.70. The van der Waals surface area contributed by atoms with Crippen molar-refractivity contribution in [2.75, 3.05) is 24.9 Å². The largest absolute Gasteiger partial charge is 0.497 e. The second-order valence-electron chi connectivity index (χ2n) is 7.05. The van der Waals surface area contributed by atoms with Crippen molar-refractivity contribution in [3.05, 3.63) is 58.9 Å². The highest BCUT2D eigenvalue weighted by molar-refractivity contribution is 7.98. The first kappa shape index (κ1) is 23.6. The smallest absolute Gasteiger partial charge is 0.248 e. The Morgan fingerprint density at radius 2 is 1.97 bits per heavy atom. The number of hydrogen-bond donors (Lipinski definition) is 0. The van der Waals surface area contributed by atoms with Gasteiger partial charge >= 0.3 is 0 Å². The van der Waals surface area contributed by atoms with Crippen molar-refractivity contribution in [2.45, 2.75) is 25.1 Å². The van der Waals surface area contributed by atoms with Gasteiger partial charge in [0.15, 0.2) is 14.6 Å².